The number of aromatic nitrogens is 4. The Balaban J connectivity index is 1.29. The van der Waals surface area contributed by atoms with Crippen molar-refractivity contribution >= 4 is 6.08 Å². The molecule has 0 bridgehead atoms. The Morgan fingerprint density at radius 3 is 2.23 bits per heavy atom. The highest BCUT2D eigenvalue weighted by Crippen LogP contribution is 2.33. The number of nitrogens with zero attached hydrogens (tertiary/aromatic N) is 6. The van der Waals surface area contributed by atoms with Crippen molar-refractivity contribution in [1.29, 1.82) is 0 Å². The molecule has 7 nitrogen and oxygen atoms in total. The fourth-order valence-electron chi connectivity index (χ4n) is 5.78. The number of hydrogen-bond donors (Lipinski definition) is 0. The smallest absolute Gasteiger partial charge is 0.178 e. The molecule has 0 unspecified atom stereocenters. The summed E-state index contributed by atoms with van der Waals surface area (Å²) < 4.78 is 8.22. The van der Waals surface area contributed by atoms with Crippen LogP contribution in [0.3, 0.4) is 0 Å². The van der Waals surface area contributed by atoms with Crippen LogP contribution in [-0.2, 0) is 0 Å². The summed E-state index contributed by atoms with van der Waals surface area (Å²) in [7, 11) is 0. The average molecular weight is 571 g/mol. The normalized spacial score (nSPS) is 15.1. The molecule has 1 atom stereocenters. The second kappa shape index (κ2) is 13.2. The van der Waals surface area contributed by atoms with E-state index in [2.05, 4.69) is 131 Å². The van der Waals surface area contributed by atoms with E-state index in [9.17, 15) is 0 Å². The fourth-order valence-corrected chi connectivity index (χ4v) is 5.78. The van der Waals surface area contributed by atoms with Crippen molar-refractivity contribution in [2.24, 2.45) is 0 Å². The summed E-state index contributed by atoms with van der Waals surface area (Å²) >= 11 is 0. The van der Waals surface area contributed by atoms with Gasteiger partial charge in [-0.3, -0.25) is 9.80 Å². The molecule has 0 saturated carbocycles. The van der Waals surface area contributed by atoms with Crippen LogP contribution in [0, 0.1) is 20.8 Å². The molecule has 4 aromatic carbocycles. The van der Waals surface area contributed by atoms with Gasteiger partial charge in [0, 0.05) is 32.7 Å². The van der Waals surface area contributed by atoms with E-state index < -0.39 is 0 Å². The topological polar surface area (TPSA) is 59.3 Å². The highest BCUT2D eigenvalue weighted by Gasteiger charge is 2.31. The first-order chi connectivity index (χ1) is 21.0. The number of ether oxygens (including phenoxy) is 1. The van der Waals surface area contributed by atoms with Gasteiger partial charge in [0.25, 0.3) is 0 Å². The van der Waals surface area contributed by atoms with Crippen molar-refractivity contribution in [3.05, 3.63) is 137 Å². The molecule has 0 radical (unpaired) electrons. The van der Waals surface area contributed by atoms with Gasteiger partial charge >= 0.3 is 0 Å². The Morgan fingerprint density at radius 1 is 0.767 bits per heavy atom. The van der Waals surface area contributed by atoms with Gasteiger partial charge < -0.3 is 4.74 Å². The minimum atomic E-state index is -0.141. The Morgan fingerprint density at radius 2 is 1.49 bits per heavy atom. The van der Waals surface area contributed by atoms with Crippen molar-refractivity contribution in [2.45, 2.75) is 26.8 Å². The van der Waals surface area contributed by atoms with Gasteiger partial charge in [-0.2, -0.15) is 4.68 Å². The number of aryl methyl sites for hydroxylation is 3. The Labute approximate surface area is 254 Å². The van der Waals surface area contributed by atoms with Crippen LogP contribution in [0.25, 0.3) is 11.8 Å². The van der Waals surface area contributed by atoms with E-state index in [-0.39, 0.29) is 6.04 Å². The zero-order valence-electron chi connectivity index (χ0n) is 25.1. The van der Waals surface area contributed by atoms with E-state index >= 15 is 0 Å². The van der Waals surface area contributed by atoms with Crippen LogP contribution in [0.15, 0.2) is 103 Å². The van der Waals surface area contributed by atoms with Crippen LogP contribution < -0.4 is 4.74 Å². The summed E-state index contributed by atoms with van der Waals surface area (Å²) in [6.07, 6.45) is 4.46. The molecule has 0 N–H and O–H groups in total. The van der Waals surface area contributed by atoms with Gasteiger partial charge in [0.05, 0.1) is 11.7 Å². The third-order valence-electron chi connectivity index (χ3n) is 8.07. The minimum absolute atomic E-state index is 0.141. The molecule has 1 aromatic heterocycles. The predicted octanol–water partition coefficient (Wildman–Crippen LogP) is 6.80. The number of piperazine rings is 1. The maximum absolute atomic E-state index is 6.29. The van der Waals surface area contributed by atoms with E-state index in [4.69, 9.17) is 4.74 Å². The second-order valence-electron chi connectivity index (χ2n) is 11.2. The van der Waals surface area contributed by atoms with Gasteiger partial charge in [-0.05, 0) is 77.7 Å². The molecule has 43 heavy (non-hydrogen) atoms. The lowest BCUT2D eigenvalue weighted by Gasteiger charge is -2.38. The SMILES string of the molecule is Cc1ccc(Oc2cccc([C@H](c3nnnn3-c3c(C)cccc3C)N3CCN(CC=Cc4ccccc4)CC3)c2)cc1. The summed E-state index contributed by atoms with van der Waals surface area (Å²) in [6.45, 7) is 10.9. The third kappa shape index (κ3) is 6.74. The van der Waals surface area contributed by atoms with Crippen LogP contribution >= 0.6 is 0 Å². The van der Waals surface area contributed by atoms with Crippen LogP contribution in [-0.4, -0.2) is 62.7 Å². The Bertz CT molecular complexity index is 1650. The monoisotopic (exact) mass is 570 g/mol. The van der Waals surface area contributed by atoms with E-state index in [1.807, 2.05) is 28.9 Å². The number of para-hydroxylation sites is 1. The van der Waals surface area contributed by atoms with Gasteiger partial charge in [-0.1, -0.05) is 90.5 Å². The summed E-state index contributed by atoms with van der Waals surface area (Å²) in [6, 6.07) is 33.1. The van der Waals surface area contributed by atoms with E-state index in [0.29, 0.717) is 0 Å². The van der Waals surface area contributed by atoms with E-state index in [0.717, 1.165) is 72.4 Å². The molecule has 0 spiro atoms. The van der Waals surface area contributed by atoms with E-state index in [1.54, 1.807) is 0 Å². The summed E-state index contributed by atoms with van der Waals surface area (Å²) in [5.41, 5.74) is 6.84. The molecule has 7 heteroatoms. The molecule has 1 aliphatic rings. The number of rotatable bonds is 9. The summed E-state index contributed by atoms with van der Waals surface area (Å²) in [5.74, 6) is 2.42. The van der Waals surface area contributed by atoms with Crippen molar-refractivity contribution in [3.8, 4) is 17.2 Å². The van der Waals surface area contributed by atoms with Crippen LogP contribution in [0.4, 0.5) is 0 Å². The highest BCUT2D eigenvalue weighted by molar-refractivity contribution is 5.49. The number of tetrazole rings is 1. The van der Waals surface area contributed by atoms with Crippen LogP contribution in [0.1, 0.15) is 39.7 Å². The fraction of sp³-hybridized carbons (Fsp3) is 0.250. The Hall–Kier alpha value is -4.59. The molecule has 218 valence electrons. The van der Waals surface area contributed by atoms with Crippen molar-refractivity contribution < 1.29 is 4.74 Å². The lowest BCUT2D eigenvalue weighted by molar-refractivity contribution is 0.113. The zero-order chi connectivity index (χ0) is 29.6. The molecular weight excluding hydrogens is 532 g/mol. The number of benzene rings is 4. The maximum Gasteiger partial charge on any atom is 0.178 e. The molecule has 1 aliphatic heterocycles. The molecule has 2 heterocycles. The van der Waals surface area contributed by atoms with Gasteiger partial charge in [-0.15, -0.1) is 5.10 Å². The van der Waals surface area contributed by atoms with Crippen molar-refractivity contribution in [2.75, 3.05) is 32.7 Å². The van der Waals surface area contributed by atoms with Crippen molar-refractivity contribution in [3.63, 3.8) is 0 Å². The van der Waals surface area contributed by atoms with Gasteiger partial charge in [-0.25, -0.2) is 0 Å². The average Bonchev–Trinajstić information content (AvgIpc) is 3.49. The molecular formula is C36H38N6O. The first kappa shape index (κ1) is 28.5. The third-order valence-corrected chi connectivity index (χ3v) is 8.07. The van der Waals surface area contributed by atoms with Crippen LogP contribution in [0.2, 0.25) is 0 Å². The zero-order valence-corrected chi connectivity index (χ0v) is 25.1. The molecule has 1 saturated heterocycles. The first-order valence-electron chi connectivity index (χ1n) is 14.9. The molecule has 0 amide bonds. The first-order valence-corrected chi connectivity index (χ1v) is 14.9. The number of hydrogen-bond acceptors (Lipinski definition) is 6. The molecule has 1 fully saturated rings. The lowest BCUT2D eigenvalue weighted by Crippen LogP contribution is -2.48. The van der Waals surface area contributed by atoms with Gasteiger partial charge in [0.1, 0.15) is 11.5 Å². The highest BCUT2D eigenvalue weighted by atomic mass is 16.5. The molecule has 5 aromatic rings. The van der Waals surface area contributed by atoms with Crippen LogP contribution in [0.5, 0.6) is 11.5 Å². The summed E-state index contributed by atoms with van der Waals surface area (Å²) in [5, 5.41) is 13.3. The van der Waals surface area contributed by atoms with Gasteiger partial charge in [0.2, 0.25) is 0 Å². The standard InChI is InChI=1S/C36H38N6O/c1-27-17-19-32(20-18-27)43-33-16-8-15-31(26-33)35(36-37-38-39-42(36)34-28(2)10-7-11-29(34)3)41-24-22-40(23-25-41)21-9-14-30-12-5-4-6-13-30/h4-20,26,35H,21-25H2,1-3H3/t35-/m1/s1. The Kier molecular flexibility index (Phi) is 8.72. The molecule has 6 rings (SSSR count). The second-order valence-corrected chi connectivity index (χ2v) is 11.2. The quantitative estimate of drug-likeness (QED) is 0.194. The predicted molar refractivity (Wildman–Crippen MR) is 172 cm³/mol. The van der Waals surface area contributed by atoms with Gasteiger partial charge in [0.15, 0.2) is 5.82 Å². The minimum Gasteiger partial charge on any atom is -0.457 e. The largest absolute Gasteiger partial charge is 0.457 e. The maximum atomic E-state index is 6.29. The van der Waals surface area contributed by atoms with Crippen molar-refractivity contribution in [1.82, 2.24) is 30.0 Å². The molecule has 0 aliphatic carbocycles. The van der Waals surface area contributed by atoms with E-state index in [1.165, 1.54) is 11.1 Å². The lowest BCUT2D eigenvalue weighted by atomic mass is 10.0. The summed E-state index contributed by atoms with van der Waals surface area (Å²) in [4.78, 5) is 5.00.